The van der Waals surface area contributed by atoms with Crippen LogP contribution in [0.2, 0.25) is 0 Å². The highest BCUT2D eigenvalue weighted by atomic mass is 32.2. The van der Waals surface area contributed by atoms with Crippen molar-refractivity contribution >= 4 is 43.9 Å². The number of amides is 1. The first-order valence-corrected chi connectivity index (χ1v) is 13.4. The van der Waals surface area contributed by atoms with Gasteiger partial charge in [-0.2, -0.15) is 0 Å². The summed E-state index contributed by atoms with van der Waals surface area (Å²) < 4.78 is 31.6. The zero-order valence-electron chi connectivity index (χ0n) is 19.1. The number of hydrogen-bond acceptors (Lipinski definition) is 6. The van der Waals surface area contributed by atoms with Crippen LogP contribution in [0.4, 0.5) is 10.7 Å². The molecule has 1 aromatic carbocycles. The van der Waals surface area contributed by atoms with Crippen molar-refractivity contribution in [2.24, 2.45) is 0 Å². The summed E-state index contributed by atoms with van der Waals surface area (Å²) in [6, 6.07) is 4.27. The fraction of sp³-hybridized carbons (Fsp3) is 0.478. The Morgan fingerprint density at radius 3 is 2.50 bits per heavy atom. The van der Waals surface area contributed by atoms with Crippen molar-refractivity contribution in [1.29, 1.82) is 0 Å². The van der Waals surface area contributed by atoms with Gasteiger partial charge in [0.05, 0.1) is 24.1 Å². The largest absolute Gasteiger partial charge is 0.462 e. The first-order valence-electron chi connectivity index (χ1n) is 10.7. The topological polar surface area (TPSA) is 92.8 Å². The van der Waals surface area contributed by atoms with Crippen LogP contribution in [0, 0.1) is 13.8 Å². The number of anilines is 2. The molecule has 1 aliphatic rings. The minimum Gasteiger partial charge on any atom is -0.462 e. The Bertz CT molecular complexity index is 1140. The van der Waals surface area contributed by atoms with Crippen molar-refractivity contribution in [3.05, 3.63) is 45.3 Å². The Morgan fingerprint density at radius 1 is 1.19 bits per heavy atom. The summed E-state index contributed by atoms with van der Waals surface area (Å²) >= 11 is 1.38. The Labute approximate surface area is 193 Å². The Morgan fingerprint density at radius 2 is 1.88 bits per heavy atom. The van der Waals surface area contributed by atoms with Gasteiger partial charge in [0.1, 0.15) is 11.0 Å². The van der Waals surface area contributed by atoms with Crippen LogP contribution >= 0.6 is 11.3 Å². The third-order valence-corrected chi connectivity index (χ3v) is 8.17. The lowest BCUT2D eigenvalue weighted by atomic mass is 9.95. The van der Waals surface area contributed by atoms with Crippen molar-refractivity contribution in [2.45, 2.75) is 59.4 Å². The van der Waals surface area contributed by atoms with Crippen LogP contribution in [0.1, 0.15) is 58.6 Å². The predicted octanol–water partition coefficient (Wildman–Crippen LogP) is 4.21. The number of nitrogens with one attached hydrogen (secondary N) is 1. The molecule has 1 heterocycles. The second kappa shape index (κ2) is 9.62. The Hall–Kier alpha value is -2.39. The lowest BCUT2D eigenvalue weighted by molar-refractivity contribution is -0.116. The molecule has 1 aromatic heterocycles. The second-order valence-electron chi connectivity index (χ2n) is 8.13. The normalized spacial score (nSPS) is 14.4. The summed E-state index contributed by atoms with van der Waals surface area (Å²) in [7, 11) is -3.74. The van der Waals surface area contributed by atoms with Crippen LogP contribution in [-0.2, 0) is 32.4 Å². The number of carbonyl (C=O) groups is 2. The first-order chi connectivity index (χ1) is 15.0. The summed E-state index contributed by atoms with van der Waals surface area (Å²) in [6.45, 7) is 7.36. The Balaban J connectivity index is 1.95. The van der Waals surface area contributed by atoms with Gasteiger partial charge in [-0.05, 0) is 82.2 Å². The number of ether oxygens (including phenoxy) is 1. The lowest BCUT2D eigenvalue weighted by Gasteiger charge is -2.28. The van der Waals surface area contributed by atoms with E-state index in [2.05, 4.69) is 5.32 Å². The zero-order chi connectivity index (χ0) is 23.6. The molecule has 9 heteroatoms. The van der Waals surface area contributed by atoms with Crippen molar-refractivity contribution in [1.82, 2.24) is 0 Å². The van der Waals surface area contributed by atoms with E-state index in [1.165, 1.54) is 11.3 Å². The molecule has 0 saturated carbocycles. The molecule has 2 aromatic rings. The number of rotatable bonds is 7. The molecule has 0 bridgehead atoms. The summed E-state index contributed by atoms with van der Waals surface area (Å²) in [5.74, 6) is -0.957. The molecule has 1 N–H and O–H groups in total. The fourth-order valence-corrected chi connectivity index (χ4v) is 6.41. The van der Waals surface area contributed by atoms with E-state index in [0.717, 1.165) is 57.8 Å². The molecule has 174 valence electrons. The molecule has 1 atom stereocenters. The van der Waals surface area contributed by atoms with Crippen LogP contribution in [0.25, 0.3) is 0 Å². The van der Waals surface area contributed by atoms with Crippen molar-refractivity contribution in [3.63, 3.8) is 0 Å². The average Bonchev–Trinajstić information content (AvgIpc) is 3.07. The van der Waals surface area contributed by atoms with Crippen LogP contribution in [0.5, 0.6) is 0 Å². The minimum absolute atomic E-state index is 0.238. The predicted molar refractivity (Wildman–Crippen MR) is 128 cm³/mol. The quantitative estimate of drug-likeness (QED) is 0.602. The average molecular weight is 479 g/mol. The molecule has 1 amide bonds. The number of nitrogens with zero attached hydrogens (tertiary/aromatic N) is 1. The molecule has 3 rings (SSSR count). The van der Waals surface area contributed by atoms with E-state index in [1.54, 1.807) is 26.0 Å². The summed E-state index contributed by atoms with van der Waals surface area (Å²) in [5.41, 5.74) is 3.73. The van der Waals surface area contributed by atoms with E-state index in [9.17, 15) is 18.0 Å². The smallest absolute Gasteiger partial charge is 0.341 e. The van der Waals surface area contributed by atoms with Gasteiger partial charge in [0, 0.05) is 4.88 Å². The number of esters is 1. The highest BCUT2D eigenvalue weighted by Crippen LogP contribution is 2.39. The number of fused-ring (bicyclic) bond motifs is 1. The summed E-state index contributed by atoms with van der Waals surface area (Å²) in [6.07, 6.45) is 4.72. The standard InChI is InChI=1S/C23H30N2O5S2/c1-6-30-23(27)20-18-9-7-8-10-19(18)31-22(20)24-21(26)16(4)25(32(5,28)29)17-12-11-14(2)15(3)13-17/h11-13,16H,6-10H2,1-5H3,(H,24,26)/t16-/m0/s1. The molecule has 0 saturated heterocycles. The van der Waals surface area contributed by atoms with Gasteiger partial charge >= 0.3 is 5.97 Å². The SMILES string of the molecule is CCOC(=O)c1c(NC(=O)[C@H](C)N(c2ccc(C)c(C)c2)S(C)(=O)=O)sc2c1CCCC2. The number of carbonyl (C=O) groups excluding carboxylic acids is 2. The maximum Gasteiger partial charge on any atom is 0.341 e. The van der Waals surface area contributed by atoms with Crippen molar-refractivity contribution in [3.8, 4) is 0 Å². The molecule has 0 spiro atoms. The monoisotopic (exact) mass is 478 g/mol. The van der Waals surface area contributed by atoms with Crippen LogP contribution in [-0.4, -0.2) is 39.2 Å². The summed E-state index contributed by atoms with van der Waals surface area (Å²) in [4.78, 5) is 26.9. The third-order valence-electron chi connectivity index (χ3n) is 5.72. The molecule has 32 heavy (non-hydrogen) atoms. The number of aryl methyl sites for hydroxylation is 3. The van der Waals surface area contributed by atoms with Crippen LogP contribution < -0.4 is 9.62 Å². The van der Waals surface area contributed by atoms with E-state index in [4.69, 9.17) is 4.74 Å². The maximum absolute atomic E-state index is 13.2. The second-order valence-corrected chi connectivity index (χ2v) is 11.1. The molecule has 0 radical (unpaired) electrons. The van der Waals surface area contributed by atoms with Gasteiger partial charge in [0.25, 0.3) is 0 Å². The van der Waals surface area contributed by atoms with Gasteiger partial charge < -0.3 is 10.1 Å². The maximum atomic E-state index is 13.2. The van der Waals surface area contributed by atoms with Gasteiger partial charge in [-0.25, -0.2) is 13.2 Å². The molecule has 1 aliphatic carbocycles. The summed E-state index contributed by atoms with van der Waals surface area (Å²) in [5, 5.41) is 3.26. The molecule has 0 aliphatic heterocycles. The highest BCUT2D eigenvalue weighted by Gasteiger charge is 2.32. The van der Waals surface area contributed by atoms with E-state index in [0.29, 0.717) is 16.3 Å². The number of thiophene rings is 1. The van der Waals surface area contributed by atoms with Crippen molar-refractivity contribution in [2.75, 3.05) is 22.5 Å². The zero-order valence-corrected chi connectivity index (χ0v) is 20.8. The highest BCUT2D eigenvalue weighted by molar-refractivity contribution is 7.92. The van der Waals surface area contributed by atoms with Gasteiger partial charge in [0.2, 0.25) is 15.9 Å². The molecular formula is C23H30N2O5S2. The number of hydrogen-bond donors (Lipinski definition) is 1. The molecule has 0 fully saturated rings. The first kappa shape index (κ1) is 24.3. The van der Waals surface area contributed by atoms with E-state index in [-0.39, 0.29) is 6.61 Å². The molecular weight excluding hydrogens is 448 g/mol. The van der Waals surface area contributed by atoms with E-state index < -0.39 is 27.9 Å². The van der Waals surface area contributed by atoms with Crippen LogP contribution in [0.15, 0.2) is 18.2 Å². The molecule has 7 nitrogen and oxygen atoms in total. The van der Waals surface area contributed by atoms with Crippen LogP contribution in [0.3, 0.4) is 0 Å². The molecule has 0 unspecified atom stereocenters. The van der Waals surface area contributed by atoms with Gasteiger partial charge in [-0.15, -0.1) is 11.3 Å². The minimum atomic E-state index is -3.74. The Kier molecular flexibility index (Phi) is 7.29. The van der Waals surface area contributed by atoms with Gasteiger partial charge in [-0.3, -0.25) is 9.10 Å². The van der Waals surface area contributed by atoms with E-state index in [1.807, 2.05) is 19.9 Å². The lowest BCUT2D eigenvalue weighted by Crippen LogP contribution is -2.45. The fourth-order valence-electron chi connectivity index (χ4n) is 3.96. The number of sulfonamides is 1. The van der Waals surface area contributed by atoms with Gasteiger partial charge in [-0.1, -0.05) is 6.07 Å². The van der Waals surface area contributed by atoms with Crippen molar-refractivity contribution < 1.29 is 22.7 Å². The third kappa shape index (κ3) is 4.99. The number of benzene rings is 1. The van der Waals surface area contributed by atoms with E-state index >= 15 is 0 Å². The van der Waals surface area contributed by atoms with Gasteiger partial charge in [0.15, 0.2) is 0 Å².